The Morgan fingerprint density at radius 1 is 1.26 bits per heavy atom. The molecule has 3 N–H and O–H groups in total. The van der Waals surface area contributed by atoms with Crippen LogP contribution in [0.3, 0.4) is 0 Å². The second-order valence-corrected chi connectivity index (χ2v) is 4.34. The molecular weight excluding hydrogens is 238 g/mol. The van der Waals surface area contributed by atoms with E-state index in [1.165, 1.54) is 0 Å². The monoisotopic (exact) mass is 255 g/mol. The van der Waals surface area contributed by atoms with Crippen LogP contribution in [0.5, 0.6) is 0 Å². The van der Waals surface area contributed by atoms with Crippen LogP contribution in [0.15, 0.2) is 42.6 Å². The van der Waals surface area contributed by atoms with Crippen LogP contribution in [0.4, 0.5) is 0 Å². The molecule has 0 bridgehead atoms. The molecule has 19 heavy (non-hydrogen) atoms. The maximum absolute atomic E-state index is 12.0. The minimum Gasteiger partial charge on any atom is -0.348 e. The van der Waals surface area contributed by atoms with Crippen LogP contribution < -0.4 is 11.1 Å². The van der Waals surface area contributed by atoms with Crippen molar-refractivity contribution < 1.29 is 4.79 Å². The number of carbonyl (C=O) groups excluding carboxylic acids is 1. The lowest BCUT2D eigenvalue weighted by Crippen LogP contribution is -2.23. The number of pyridine rings is 1. The van der Waals surface area contributed by atoms with Gasteiger partial charge in [0.05, 0.1) is 0 Å². The van der Waals surface area contributed by atoms with Crippen molar-refractivity contribution in [3.05, 3.63) is 65.0 Å². The number of hydrogen-bond donors (Lipinski definition) is 2. The third-order valence-electron chi connectivity index (χ3n) is 2.94. The highest BCUT2D eigenvalue weighted by Gasteiger charge is 2.06. The molecule has 0 saturated carbocycles. The van der Waals surface area contributed by atoms with E-state index in [0.717, 1.165) is 16.8 Å². The van der Waals surface area contributed by atoms with Crippen LogP contribution in [0.2, 0.25) is 0 Å². The molecule has 2 rings (SSSR count). The Hall–Kier alpha value is -2.20. The van der Waals surface area contributed by atoms with E-state index in [1.807, 2.05) is 31.2 Å². The van der Waals surface area contributed by atoms with Gasteiger partial charge in [0.1, 0.15) is 0 Å². The molecule has 0 aliphatic rings. The zero-order chi connectivity index (χ0) is 13.7. The van der Waals surface area contributed by atoms with E-state index in [1.54, 1.807) is 18.3 Å². The summed E-state index contributed by atoms with van der Waals surface area (Å²) in [7, 11) is 0. The smallest absolute Gasteiger partial charge is 0.251 e. The fraction of sp³-hybridized carbons (Fsp3) is 0.200. The topological polar surface area (TPSA) is 68.0 Å². The molecule has 1 aromatic carbocycles. The van der Waals surface area contributed by atoms with Crippen LogP contribution in [0, 0.1) is 6.92 Å². The number of amides is 1. The quantitative estimate of drug-likeness (QED) is 0.875. The fourth-order valence-electron chi connectivity index (χ4n) is 1.89. The first-order chi connectivity index (χ1) is 9.20. The summed E-state index contributed by atoms with van der Waals surface area (Å²) in [4.78, 5) is 16.1. The van der Waals surface area contributed by atoms with Crippen LogP contribution in [-0.4, -0.2) is 10.9 Å². The fourth-order valence-corrected chi connectivity index (χ4v) is 1.89. The molecule has 0 fully saturated rings. The zero-order valence-corrected chi connectivity index (χ0v) is 10.9. The molecule has 1 heterocycles. The standard InChI is InChI=1S/C15H17N3O/c1-11-8-12(6-7-17-11)15(19)18-10-14-5-3-2-4-13(14)9-16/h2-8H,9-10,16H2,1H3,(H,18,19). The van der Waals surface area contributed by atoms with Gasteiger partial charge >= 0.3 is 0 Å². The number of aryl methyl sites for hydroxylation is 1. The van der Waals surface area contributed by atoms with E-state index in [9.17, 15) is 4.79 Å². The van der Waals surface area contributed by atoms with Crippen molar-refractivity contribution >= 4 is 5.91 Å². The highest BCUT2D eigenvalue weighted by Crippen LogP contribution is 2.08. The lowest BCUT2D eigenvalue weighted by molar-refractivity contribution is 0.0950. The van der Waals surface area contributed by atoms with Crippen molar-refractivity contribution in [2.75, 3.05) is 0 Å². The Labute approximate surface area is 112 Å². The van der Waals surface area contributed by atoms with E-state index in [0.29, 0.717) is 18.7 Å². The zero-order valence-electron chi connectivity index (χ0n) is 10.9. The van der Waals surface area contributed by atoms with Gasteiger partial charge in [-0.15, -0.1) is 0 Å². The number of hydrogen-bond acceptors (Lipinski definition) is 3. The molecule has 4 nitrogen and oxygen atoms in total. The molecule has 0 saturated heterocycles. The molecule has 0 atom stereocenters. The van der Waals surface area contributed by atoms with Crippen LogP contribution in [0.25, 0.3) is 0 Å². The lowest BCUT2D eigenvalue weighted by Gasteiger charge is -2.09. The second kappa shape index (κ2) is 6.11. The Morgan fingerprint density at radius 2 is 2.00 bits per heavy atom. The summed E-state index contributed by atoms with van der Waals surface area (Å²) in [6.07, 6.45) is 1.64. The number of nitrogens with one attached hydrogen (secondary N) is 1. The number of nitrogens with zero attached hydrogens (tertiary/aromatic N) is 1. The van der Waals surface area contributed by atoms with Gasteiger partial charge in [-0.2, -0.15) is 0 Å². The maximum Gasteiger partial charge on any atom is 0.251 e. The number of benzene rings is 1. The normalized spacial score (nSPS) is 10.2. The van der Waals surface area contributed by atoms with E-state index in [-0.39, 0.29) is 5.91 Å². The van der Waals surface area contributed by atoms with Gasteiger partial charge in [0.15, 0.2) is 0 Å². The largest absolute Gasteiger partial charge is 0.348 e. The van der Waals surface area contributed by atoms with Gasteiger partial charge in [0, 0.05) is 30.5 Å². The third kappa shape index (κ3) is 3.39. The van der Waals surface area contributed by atoms with Crippen LogP contribution >= 0.6 is 0 Å². The van der Waals surface area contributed by atoms with Crippen molar-refractivity contribution in [2.24, 2.45) is 5.73 Å². The van der Waals surface area contributed by atoms with Gasteiger partial charge in [0.25, 0.3) is 5.91 Å². The highest BCUT2D eigenvalue weighted by atomic mass is 16.1. The average Bonchev–Trinajstić information content (AvgIpc) is 2.45. The summed E-state index contributed by atoms with van der Waals surface area (Å²) in [5.41, 5.74) is 9.21. The van der Waals surface area contributed by atoms with E-state index >= 15 is 0 Å². The summed E-state index contributed by atoms with van der Waals surface area (Å²) < 4.78 is 0. The van der Waals surface area contributed by atoms with Gasteiger partial charge in [-0.25, -0.2) is 0 Å². The molecule has 0 aliphatic carbocycles. The summed E-state index contributed by atoms with van der Waals surface area (Å²) in [6, 6.07) is 11.3. The van der Waals surface area contributed by atoms with Crippen molar-refractivity contribution in [1.29, 1.82) is 0 Å². The molecule has 98 valence electrons. The SMILES string of the molecule is Cc1cc(C(=O)NCc2ccccc2CN)ccn1. The van der Waals surface area contributed by atoms with Crippen LogP contribution in [-0.2, 0) is 13.1 Å². The number of carbonyl (C=O) groups is 1. The predicted octanol–water partition coefficient (Wildman–Crippen LogP) is 1.78. The minimum absolute atomic E-state index is 0.0997. The summed E-state index contributed by atoms with van der Waals surface area (Å²) >= 11 is 0. The Kier molecular flexibility index (Phi) is 4.26. The molecular formula is C15H17N3O. The molecule has 2 aromatic rings. The number of rotatable bonds is 4. The molecule has 4 heteroatoms. The Morgan fingerprint density at radius 3 is 2.68 bits per heavy atom. The highest BCUT2D eigenvalue weighted by molar-refractivity contribution is 5.94. The van der Waals surface area contributed by atoms with Crippen molar-refractivity contribution in [3.63, 3.8) is 0 Å². The summed E-state index contributed by atoms with van der Waals surface area (Å²) in [5.74, 6) is -0.0997. The second-order valence-electron chi connectivity index (χ2n) is 4.34. The maximum atomic E-state index is 12.0. The van der Waals surface area contributed by atoms with Gasteiger partial charge in [-0.1, -0.05) is 24.3 Å². The van der Waals surface area contributed by atoms with Gasteiger partial charge in [0.2, 0.25) is 0 Å². The number of aromatic nitrogens is 1. The summed E-state index contributed by atoms with van der Waals surface area (Å²) in [5, 5.41) is 2.89. The first-order valence-electron chi connectivity index (χ1n) is 6.18. The van der Waals surface area contributed by atoms with Gasteiger partial charge in [-0.05, 0) is 30.2 Å². The van der Waals surface area contributed by atoms with E-state index < -0.39 is 0 Å². The van der Waals surface area contributed by atoms with Crippen LogP contribution in [0.1, 0.15) is 27.2 Å². The van der Waals surface area contributed by atoms with E-state index in [4.69, 9.17) is 5.73 Å². The lowest BCUT2D eigenvalue weighted by atomic mass is 10.1. The van der Waals surface area contributed by atoms with E-state index in [2.05, 4.69) is 10.3 Å². The first kappa shape index (κ1) is 13.2. The van der Waals surface area contributed by atoms with Crippen molar-refractivity contribution in [2.45, 2.75) is 20.0 Å². The third-order valence-corrected chi connectivity index (χ3v) is 2.94. The molecule has 0 spiro atoms. The summed E-state index contributed by atoms with van der Waals surface area (Å²) in [6.45, 7) is 2.81. The Balaban J connectivity index is 2.04. The van der Waals surface area contributed by atoms with Gasteiger partial charge in [-0.3, -0.25) is 9.78 Å². The van der Waals surface area contributed by atoms with Gasteiger partial charge < -0.3 is 11.1 Å². The molecule has 0 unspecified atom stereocenters. The van der Waals surface area contributed by atoms with Crippen molar-refractivity contribution in [1.82, 2.24) is 10.3 Å². The molecule has 0 radical (unpaired) electrons. The van der Waals surface area contributed by atoms with Crippen molar-refractivity contribution in [3.8, 4) is 0 Å². The number of nitrogens with two attached hydrogens (primary N) is 1. The molecule has 0 aliphatic heterocycles. The predicted molar refractivity (Wildman–Crippen MR) is 74.5 cm³/mol. The molecule has 1 aromatic heterocycles. The molecule has 1 amide bonds. The average molecular weight is 255 g/mol. The minimum atomic E-state index is -0.0997. The Bertz CT molecular complexity index is 581. The first-order valence-corrected chi connectivity index (χ1v) is 6.18.